The second-order valence-corrected chi connectivity index (χ2v) is 6.88. The quantitative estimate of drug-likeness (QED) is 0.706. The molecule has 0 N–H and O–H groups in total. The first kappa shape index (κ1) is 21.5. The van der Waals surface area contributed by atoms with Gasteiger partial charge < -0.3 is 14.5 Å². The Hall–Kier alpha value is -3.17. The lowest BCUT2D eigenvalue weighted by Crippen LogP contribution is -2.52. The third kappa shape index (κ3) is 5.05. The summed E-state index contributed by atoms with van der Waals surface area (Å²) in [4.78, 5) is 35.4. The highest BCUT2D eigenvalue weighted by molar-refractivity contribution is 5.83. The Balaban J connectivity index is 1.69. The number of esters is 1. The Morgan fingerprint density at radius 3 is 2.47 bits per heavy atom. The van der Waals surface area contributed by atoms with E-state index < -0.39 is 23.8 Å². The van der Waals surface area contributed by atoms with Gasteiger partial charge in [-0.1, -0.05) is 12.1 Å². The van der Waals surface area contributed by atoms with Gasteiger partial charge in [0.2, 0.25) is 5.95 Å². The highest BCUT2D eigenvalue weighted by Gasteiger charge is 2.31. The van der Waals surface area contributed by atoms with Crippen molar-refractivity contribution in [1.29, 1.82) is 0 Å². The van der Waals surface area contributed by atoms with Gasteiger partial charge in [0.1, 0.15) is 0 Å². The van der Waals surface area contributed by atoms with Crippen molar-refractivity contribution in [2.75, 3.05) is 31.1 Å². The minimum atomic E-state index is -4.43. The molecule has 1 aromatic heterocycles. The summed E-state index contributed by atoms with van der Waals surface area (Å²) in [5, 5.41) is 0. The zero-order valence-electron chi connectivity index (χ0n) is 16.5. The van der Waals surface area contributed by atoms with Crippen molar-refractivity contribution in [3.05, 3.63) is 42.1 Å². The van der Waals surface area contributed by atoms with E-state index in [0.717, 1.165) is 12.1 Å². The molecule has 7 nitrogen and oxygen atoms in total. The first-order valence-corrected chi connectivity index (χ1v) is 9.37. The predicted molar refractivity (Wildman–Crippen MR) is 102 cm³/mol. The van der Waals surface area contributed by atoms with Crippen LogP contribution in [0.2, 0.25) is 0 Å². The molecule has 2 heterocycles. The van der Waals surface area contributed by atoms with Crippen molar-refractivity contribution in [1.82, 2.24) is 14.9 Å². The maximum absolute atomic E-state index is 13.0. The molecule has 1 aromatic carbocycles. The summed E-state index contributed by atoms with van der Waals surface area (Å²) < 4.78 is 43.9. The number of nitrogens with zero attached hydrogens (tertiary/aromatic N) is 4. The van der Waals surface area contributed by atoms with E-state index in [1.165, 1.54) is 26.1 Å². The van der Waals surface area contributed by atoms with Crippen molar-refractivity contribution in [2.24, 2.45) is 0 Å². The number of aromatic nitrogens is 2. The van der Waals surface area contributed by atoms with Crippen LogP contribution in [-0.2, 0) is 20.5 Å². The van der Waals surface area contributed by atoms with Crippen LogP contribution in [0.5, 0.6) is 0 Å². The van der Waals surface area contributed by atoms with E-state index in [0.29, 0.717) is 43.4 Å². The van der Waals surface area contributed by atoms with Crippen LogP contribution >= 0.6 is 0 Å². The molecular weight excluding hydrogens is 401 g/mol. The molecule has 1 fully saturated rings. The van der Waals surface area contributed by atoms with Gasteiger partial charge in [0.05, 0.1) is 11.3 Å². The number of carbonyl (C=O) groups is 2. The molecule has 1 aliphatic heterocycles. The van der Waals surface area contributed by atoms with Crippen LogP contribution in [0.15, 0.2) is 36.5 Å². The second-order valence-electron chi connectivity index (χ2n) is 6.88. The molecule has 0 spiro atoms. The van der Waals surface area contributed by atoms with Crippen LogP contribution in [0.1, 0.15) is 19.4 Å². The monoisotopic (exact) mass is 422 g/mol. The normalized spacial score (nSPS) is 15.6. The summed E-state index contributed by atoms with van der Waals surface area (Å²) in [6.07, 6.45) is -3.79. The number of ether oxygens (including phenoxy) is 1. The number of carbonyl (C=O) groups excluding carboxylic acids is 2. The maximum atomic E-state index is 13.0. The van der Waals surface area contributed by atoms with Crippen LogP contribution in [0.3, 0.4) is 0 Å². The Morgan fingerprint density at radius 1 is 1.13 bits per heavy atom. The fraction of sp³-hybridized carbons (Fsp3) is 0.400. The zero-order valence-corrected chi connectivity index (χ0v) is 16.5. The fourth-order valence-electron chi connectivity index (χ4n) is 3.20. The van der Waals surface area contributed by atoms with Gasteiger partial charge >= 0.3 is 12.1 Å². The van der Waals surface area contributed by atoms with E-state index in [2.05, 4.69) is 9.97 Å². The van der Waals surface area contributed by atoms with Crippen molar-refractivity contribution < 1.29 is 27.5 Å². The number of amides is 1. The Bertz CT molecular complexity index is 928. The number of hydrogen-bond donors (Lipinski definition) is 0. The van der Waals surface area contributed by atoms with Crippen LogP contribution in [-0.4, -0.2) is 59.0 Å². The van der Waals surface area contributed by atoms with Crippen molar-refractivity contribution >= 4 is 17.8 Å². The molecule has 0 unspecified atom stereocenters. The Kier molecular flexibility index (Phi) is 6.23. The fourth-order valence-corrected chi connectivity index (χ4v) is 3.20. The van der Waals surface area contributed by atoms with Crippen LogP contribution in [0, 0.1) is 0 Å². The van der Waals surface area contributed by atoms with Gasteiger partial charge in [0.25, 0.3) is 5.91 Å². The number of anilines is 1. The van der Waals surface area contributed by atoms with E-state index in [4.69, 9.17) is 4.74 Å². The van der Waals surface area contributed by atoms with Crippen LogP contribution < -0.4 is 4.90 Å². The molecule has 0 bridgehead atoms. The van der Waals surface area contributed by atoms with Gasteiger partial charge in [-0.2, -0.15) is 13.2 Å². The standard InChI is InChI=1S/C20H21F3N4O3/c1-13(30-14(2)28)18(29)26-8-10-27(11-9-26)19-24-7-6-17(25-19)15-4-3-5-16(12-15)20(21,22)23/h3-7,12-13H,8-11H2,1-2H3/t13-/m0/s1. The lowest BCUT2D eigenvalue weighted by molar-refractivity contribution is -0.157. The molecular formula is C20H21F3N4O3. The largest absolute Gasteiger partial charge is 0.453 e. The Morgan fingerprint density at radius 2 is 1.83 bits per heavy atom. The van der Waals surface area contributed by atoms with E-state index in [1.807, 2.05) is 4.90 Å². The van der Waals surface area contributed by atoms with E-state index in [-0.39, 0.29) is 5.91 Å². The number of hydrogen-bond acceptors (Lipinski definition) is 6. The number of rotatable bonds is 4. The van der Waals surface area contributed by atoms with Gasteiger partial charge in [0.15, 0.2) is 6.10 Å². The maximum Gasteiger partial charge on any atom is 0.416 e. The van der Waals surface area contributed by atoms with Gasteiger partial charge in [0, 0.05) is 44.9 Å². The number of benzene rings is 1. The molecule has 160 valence electrons. The Labute approximate surface area is 171 Å². The minimum absolute atomic E-state index is 0.275. The molecule has 1 atom stereocenters. The van der Waals surface area contributed by atoms with Crippen molar-refractivity contribution in [3.8, 4) is 11.3 Å². The predicted octanol–water partition coefficient (Wildman–Crippen LogP) is 2.76. The number of piperazine rings is 1. The topological polar surface area (TPSA) is 75.6 Å². The summed E-state index contributed by atoms with van der Waals surface area (Å²) in [6.45, 7) is 4.45. The molecule has 0 aliphatic carbocycles. The number of alkyl halides is 3. The highest BCUT2D eigenvalue weighted by Crippen LogP contribution is 2.32. The molecule has 1 aliphatic rings. The van der Waals surface area contributed by atoms with E-state index >= 15 is 0 Å². The molecule has 30 heavy (non-hydrogen) atoms. The lowest BCUT2D eigenvalue weighted by Gasteiger charge is -2.35. The smallest absolute Gasteiger partial charge is 0.416 e. The molecule has 10 heteroatoms. The van der Waals surface area contributed by atoms with Crippen LogP contribution in [0.25, 0.3) is 11.3 Å². The van der Waals surface area contributed by atoms with Gasteiger partial charge in [-0.15, -0.1) is 0 Å². The average Bonchev–Trinajstić information content (AvgIpc) is 2.72. The molecule has 1 saturated heterocycles. The molecule has 3 rings (SSSR count). The van der Waals surface area contributed by atoms with Crippen molar-refractivity contribution in [3.63, 3.8) is 0 Å². The SMILES string of the molecule is CC(=O)O[C@@H](C)C(=O)N1CCN(c2nccc(-c3cccc(C(F)(F)F)c3)n2)CC1. The molecule has 0 saturated carbocycles. The third-order valence-corrected chi connectivity index (χ3v) is 4.69. The minimum Gasteiger partial charge on any atom is -0.453 e. The molecule has 2 aromatic rings. The highest BCUT2D eigenvalue weighted by atomic mass is 19.4. The van der Waals surface area contributed by atoms with E-state index in [9.17, 15) is 22.8 Å². The summed E-state index contributed by atoms with van der Waals surface area (Å²) in [5.41, 5.74) is -0.0141. The average molecular weight is 422 g/mol. The van der Waals surface area contributed by atoms with Crippen LogP contribution in [0.4, 0.5) is 19.1 Å². The summed E-state index contributed by atoms with van der Waals surface area (Å²) >= 11 is 0. The molecule has 0 radical (unpaired) electrons. The van der Waals surface area contributed by atoms with Gasteiger partial charge in [-0.3, -0.25) is 9.59 Å². The third-order valence-electron chi connectivity index (χ3n) is 4.69. The summed E-state index contributed by atoms with van der Waals surface area (Å²) in [7, 11) is 0. The lowest BCUT2D eigenvalue weighted by atomic mass is 10.1. The number of halogens is 3. The summed E-state index contributed by atoms with van der Waals surface area (Å²) in [6, 6.07) is 6.53. The second kappa shape index (κ2) is 8.68. The van der Waals surface area contributed by atoms with Crippen molar-refractivity contribution in [2.45, 2.75) is 26.1 Å². The first-order chi connectivity index (χ1) is 14.1. The zero-order chi connectivity index (χ0) is 21.9. The first-order valence-electron chi connectivity index (χ1n) is 9.37. The molecule has 1 amide bonds. The van der Waals surface area contributed by atoms with E-state index in [1.54, 1.807) is 17.0 Å². The van der Waals surface area contributed by atoms with Gasteiger partial charge in [-0.05, 0) is 25.1 Å². The van der Waals surface area contributed by atoms with Gasteiger partial charge in [-0.25, -0.2) is 9.97 Å². The summed E-state index contributed by atoms with van der Waals surface area (Å²) in [5.74, 6) is -0.414.